The quantitative estimate of drug-likeness (QED) is 0.157. The lowest BCUT2D eigenvalue weighted by Gasteiger charge is -2.11. The summed E-state index contributed by atoms with van der Waals surface area (Å²) in [5.74, 6) is 0. The molecule has 2 aromatic heterocycles. The first-order valence-corrected chi connectivity index (χ1v) is 21.5. The Labute approximate surface area is 357 Å². The molecular formula is C58H36N2S. The minimum Gasteiger partial charge on any atom is -0.252 e. The molecule has 0 radical (unpaired) electrons. The van der Waals surface area contributed by atoms with Gasteiger partial charge in [0.25, 0.3) is 0 Å². The van der Waals surface area contributed by atoms with Crippen molar-refractivity contribution in [2.45, 2.75) is 0 Å². The van der Waals surface area contributed by atoms with E-state index in [0.717, 1.165) is 44.2 Å². The molecule has 0 bridgehead atoms. The van der Waals surface area contributed by atoms with Crippen LogP contribution in [0, 0.1) is 0 Å². The van der Waals surface area contributed by atoms with Crippen LogP contribution < -0.4 is 0 Å². The molecule has 0 aliphatic heterocycles. The maximum atomic E-state index is 5.24. The third-order valence-corrected chi connectivity index (χ3v) is 13.3. The molecule has 61 heavy (non-hydrogen) atoms. The molecule has 0 saturated heterocycles. The van der Waals surface area contributed by atoms with Gasteiger partial charge in [-0.15, -0.1) is 11.3 Å². The average Bonchev–Trinajstić information content (AvgIpc) is 3.72. The van der Waals surface area contributed by atoms with E-state index in [2.05, 4.69) is 212 Å². The molecule has 0 aliphatic rings. The van der Waals surface area contributed by atoms with Gasteiger partial charge in [-0.05, 0) is 91.2 Å². The Bertz CT molecular complexity index is 3570. The van der Waals surface area contributed by atoms with Crippen LogP contribution >= 0.6 is 11.3 Å². The van der Waals surface area contributed by atoms with Crippen molar-refractivity contribution < 1.29 is 0 Å². The van der Waals surface area contributed by atoms with E-state index in [4.69, 9.17) is 9.97 Å². The fourth-order valence-corrected chi connectivity index (χ4v) is 10.2. The molecule has 2 nitrogen and oxygen atoms in total. The van der Waals surface area contributed by atoms with Crippen LogP contribution in [0.2, 0.25) is 0 Å². The van der Waals surface area contributed by atoms with E-state index in [1.54, 1.807) is 0 Å². The number of hydrogen-bond acceptors (Lipinski definition) is 3. The molecule has 12 rings (SSSR count). The van der Waals surface area contributed by atoms with Crippen LogP contribution in [0.25, 0.3) is 120 Å². The minimum absolute atomic E-state index is 0.866. The molecule has 0 N–H and O–H groups in total. The Morgan fingerprint density at radius 1 is 0.295 bits per heavy atom. The highest BCUT2D eigenvalue weighted by molar-refractivity contribution is 7.26. The number of aromatic nitrogens is 2. The molecule has 0 atom stereocenters. The Balaban J connectivity index is 0.872. The Hall–Kier alpha value is -7.72. The molecule has 0 unspecified atom stereocenters. The van der Waals surface area contributed by atoms with Crippen molar-refractivity contribution in [2.75, 3.05) is 0 Å². The van der Waals surface area contributed by atoms with Crippen molar-refractivity contribution >= 4 is 64.1 Å². The van der Waals surface area contributed by atoms with Crippen molar-refractivity contribution in [2.24, 2.45) is 0 Å². The highest BCUT2D eigenvalue weighted by atomic mass is 32.1. The summed E-state index contributed by atoms with van der Waals surface area (Å²) in [5.41, 5.74) is 15.9. The summed E-state index contributed by atoms with van der Waals surface area (Å²) in [4.78, 5) is 10.2. The summed E-state index contributed by atoms with van der Waals surface area (Å²) in [5, 5.41) is 7.25. The van der Waals surface area contributed by atoms with E-state index >= 15 is 0 Å². The van der Waals surface area contributed by atoms with Crippen LogP contribution in [-0.2, 0) is 0 Å². The van der Waals surface area contributed by atoms with Crippen molar-refractivity contribution in [3.8, 4) is 66.9 Å². The number of hydrogen-bond donors (Lipinski definition) is 0. The summed E-state index contributed by atoms with van der Waals surface area (Å²) in [6.07, 6.45) is 1.92. The molecular weight excluding hydrogens is 757 g/mol. The van der Waals surface area contributed by atoms with E-state index in [1.807, 2.05) is 17.5 Å². The highest BCUT2D eigenvalue weighted by Crippen LogP contribution is 2.44. The number of thiophene rings is 1. The van der Waals surface area contributed by atoms with E-state index in [0.29, 0.717) is 0 Å². The van der Waals surface area contributed by atoms with Gasteiger partial charge in [0.2, 0.25) is 0 Å². The van der Waals surface area contributed by atoms with E-state index < -0.39 is 0 Å². The molecule has 284 valence electrons. The van der Waals surface area contributed by atoms with Crippen LogP contribution in [0.15, 0.2) is 219 Å². The van der Waals surface area contributed by atoms with E-state index in [-0.39, 0.29) is 0 Å². The second-order valence-corrected chi connectivity index (χ2v) is 16.8. The van der Waals surface area contributed by atoms with Crippen LogP contribution in [0.1, 0.15) is 0 Å². The largest absolute Gasteiger partial charge is 0.252 e. The Morgan fingerprint density at radius 3 is 1.44 bits per heavy atom. The maximum absolute atomic E-state index is 5.24. The topological polar surface area (TPSA) is 25.8 Å². The van der Waals surface area contributed by atoms with Gasteiger partial charge in [0, 0.05) is 42.1 Å². The first-order chi connectivity index (χ1) is 30.2. The molecule has 0 spiro atoms. The molecule has 0 aliphatic carbocycles. The lowest BCUT2D eigenvalue weighted by atomic mass is 9.94. The van der Waals surface area contributed by atoms with Gasteiger partial charge in [-0.3, -0.25) is 4.98 Å². The summed E-state index contributed by atoms with van der Waals surface area (Å²) >= 11 is 1.88. The Morgan fingerprint density at radius 2 is 0.770 bits per heavy atom. The standard InChI is InChI=1S/C58H36N2S/c1-3-12-37(13-4-1)44-30-31-55-52(33-44)53-35-46(38-14-5-2-6-15-38)34-51(58(53)61-55)42-28-26-40(27-29-42)39-22-24-41(25-23-39)43-16-11-17-45(32-43)54-36-59-56-49-20-9-7-18-47(49)48-19-8-10-21-50(48)57(56)60-54/h1-36H. The van der Waals surface area contributed by atoms with Gasteiger partial charge in [0.1, 0.15) is 0 Å². The normalized spacial score (nSPS) is 11.6. The summed E-state index contributed by atoms with van der Waals surface area (Å²) in [6, 6.07) is 76.7. The van der Waals surface area contributed by atoms with Crippen LogP contribution in [0.4, 0.5) is 0 Å². The molecule has 0 saturated carbocycles. The van der Waals surface area contributed by atoms with Crippen molar-refractivity contribution in [3.63, 3.8) is 0 Å². The summed E-state index contributed by atoms with van der Waals surface area (Å²) in [6.45, 7) is 0. The first kappa shape index (κ1) is 35.2. The SMILES string of the molecule is c1ccc(-c2ccc3sc4c(-c5ccc(-c6ccc(-c7cccc(-c8cnc9c%10ccccc%10c%10ccccc%10c9n8)c7)cc6)cc5)cc(-c5ccccc5)cc4c3c2)cc1. The summed E-state index contributed by atoms with van der Waals surface area (Å²) < 4.78 is 2.62. The third kappa shape index (κ3) is 6.18. The van der Waals surface area contributed by atoms with Crippen LogP contribution in [-0.4, -0.2) is 9.97 Å². The third-order valence-electron chi connectivity index (χ3n) is 12.1. The van der Waals surface area contributed by atoms with Gasteiger partial charge in [0.05, 0.1) is 22.9 Å². The lowest BCUT2D eigenvalue weighted by molar-refractivity contribution is 1.31. The number of nitrogens with zero attached hydrogens (tertiary/aromatic N) is 2. The number of fused-ring (bicyclic) bond motifs is 9. The van der Waals surface area contributed by atoms with Gasteiger partial charge < -0.3 is 0 Å². The summed E-state index contributed by atoms with van der Waals surface area (Å²) in [7, 11) is 0. The zero-order valence-electron chi connectivity index (χ0n) is 33.1. The molecule has 10 aromatic carbocycles. The van der Waals surface area contributed by atoms with Crippen molar-refractivity contribution in [3.05, 3.63) is 219 Å². The predicted molar refractivity (Wildman–Crippen MR) is 260 cm³/mol. The maximum Gasteiger partial charge on any atom is 0.0979 e. The lowest BCUT2D eigenvalue weighted by Crippen LogP contribution is -1.92. The minimum atomic E-state index is 0.866. The van der Waals surface area contributed by atoms with Gasteiger partial charge in [-0.2, -0.15) is 0 Å². The van der Waals surface area contributed by atoms with Gasteiger partial charge in [-0.1, -0.05) is 182 Å². The Kier molecular flexibility index (Phi) is 8.39. The van der Waals surface area contributed by atoms with Gasteiger partial charge in [0.15, 0.2) is 0 Å². The van der Waals surface area contributed by atoms with E-state index in [9.17, 15) is 0 Å². The van der Waals surface area contributed by atoms with Crippen LogP contribution in [0.3, 0.4) is 0 Å². The molecule has 12 aromatic rings. The highest BCUT2D eigenvalue weighted by Gasteiger charge is 2.16. The van der Waals surface area contributed by atoms with E-state index in [1.165, 1.54) is 75.5 Å². The second-order valence-electron chi connectivity index (χ2n) is 15.7. The van der Waals surface area contributed by atoms with Gasteiger partial charge >= 0.3 is 0 Å². The number of rotatable bonds is 6. The number of benzene rings is 10. The van der Waals surface area contributed by atoms with Crippen molar-refractivity contribution in [1.82, 2.24) is 9.97 Å². The zero-order chi connectivity index (χ0) is 40.3. The molecule has 0 amide bonds. The monoisotopic (exact) mass is 792 g/mol. The fourth-order valence-electron chi connectivity index (χ4n) is 9.02. The van der Waals surface area contributed by atoms with Crippen LogP contribution in [0.5, 0.6) is 0 Å². The second kappa shape index (κ2) is 14.5. The molecule has 0 fully saturated rings. The molecule has 2 heterocycles. The van der Waals surface area contributed by atoms with Gasteiger partial charge in [-0.25, -0.2) is 4.98 Å². The predicted octanol–water partition coefficient (Wildman–Crippen LogP) is 16.3. The smallest absolute Gasteiger partial charge is 0.0979 e. The molecule has 3 heteroatoms. The van der Waals surface area contributed by atoms with Crippen molar-refractivity contribution in [1.29, 1.82) is 0 Å². The average molecular weight is 793 g/mol. The zero-order valence-corrected chi connectivity index (χ0v) is 33.9. The first-order valence-electron chi connectivity index (χ1n) is 20.7. The fraction of sp³-hybridized carbons (Fsp3) is 0.